The van der Waals surface area contributed by atoms with E-state index < -0.39 is 11.6 Å². The van der Waals surface area contributed by atoms with Gasteiger partial charge < -0.3 is 20.9 Å². The molecule has 5 heteroatoms. The summed E-state index contributed by atoms with van der Waals surface area (Å²) in [6, 6.07) is 7.22. The first-order valence-electron chi connectivity index (χ1n) is 6.95. The summed E-state index contributed by atoms with van der Waals surface area (Å²) in [6.45, 7) is 0.137. The van der Waals surface area contributed by atoms with Crippen molar-refractivity contribution in [3.8, 4) is 5.75 Å². The predicted molar refractivity (Wildman–Crippen MR) is 76.3 cm³/mol. The number of aliphatic hydroxyl groups is 1. The van der Waals surface area contributed by atoms with Crippen LogP contribution >= 0.6 is 0 Å². The lowest BCUT2D eigenvalue weighted by atomic mass is 9.98. The number of amides is 1. The molecule has 1 atom stereocenters. The van der Waals surface area contributed by atoms with Crippen LogP contribution in [0, 0.1) is 0 Å². The number of hydrogen-bond acceptors (Lipinski definition) is 4. The molecule has 1 fully saturated rings. The number of para-hydroxylation sites is 1. The number of ether oxygens (including phenoxy) is 1. The molecule has 1 saturated carbocycles. The molecular weight excluding hydrogens is 256 g/mol. The number of nitrogens with two attached hydrogens (primary N) is 1. The average Bonchev–Trinajstić information content (AvgIpc) is 2.92. The zero-order valence-corrected chi connectivity index (χ0v) is 11.8. The normalized spacial score (nSPS) is 18.6. The first-order chi connectivity index (χ1) is 9.57. The molecule has 0 bridgehead atoms. The predicted octanol–water partition coefficient (Wildman–Crippen LogP) is 1.12. The lowest BCUT2D eigenvalue weighted by Crippen LogP contribution is -2.52. The lowest BCUT2D eigenvalue weighted by Gasteiger charge is -2.23. The molecule has 2 rings (SSSR count). The fourth-order valence-electron chi connectivity index (χ4n) is 2.65. The topological polar surface area (TPSA) is 84.6 Å². The van der Waals surface area contributed by atoms with Gasteiger partial charge in [0, 0.05) is 12.1 Å². The zero-order chi connectivity index (χ0) is 14.6. The summed E-state index contributed by atoms with van der Waals surface area (Å²) in [5.41, 5.74) is 5.96. The van der Waals surface area contributed by atoms with E-state index in [1.54, 1.807) is 19.2 Å². The molecule has 20 heavy (non-hydrogen) atoms. The Hall–Kier alpha value is -1.59. The van der Waals surface area contributed by atoms with Gasteiger partial charge in [0.05, 0.1) is 18.8 Å². The van der Waals surface area contributed by atoms with E-state index in [1.807, 2.05) is 12.1 Å². The average molecular weight is 278 g/mol. The molecule has 1 aromatic carbocycles. The highest BCUT2D eigenvalue weighted by Gasteiger charge is 2.36. The molecule has 1 amide bonds. The van der Waals surface area contributed by atoms with Crippen LogP contribution < -0.4 is 15.8 Å². The Morgan fingerprint density at radius 3 is 2.75 bits per heavy atom. The third-order valence-electron chi connectivity index (χ3n) is 3.90. The van der Waals surface area contributed by atoms with Gasteiger partial charge in [-0.3, -0.25) is 4.79 Å². The van der Waals surface area contributed by atoms with Gasteiger partial charge in [0.2, 0.25) is 5.91 Å². The van der Waals surface area contributed by atoms with Crippen LogP contribution in [0.2, 0.25) is 0 Å². The number of nitrogens with one attached hydrogen (secondary N) is 1. The van der Waals surface area contributed by atoms with E-state index in [-0.39, 0.29) is 12.5 Å². The molecule has 0 spiro atoms. The highest BCUT2D eigenvalue weighted by molar-refractivity contribution is 5.86. The van der Waals surface area contributed by atoms with Crippen molar-refractivity contribution in [2.45, 2.75) is 37.3 Å². The quantitative estimate of drug-likeness (QED) is 0.753. The summed E-state index contributed by atoms with van der Waals surface area (Å²) in [5, 5.41) is 12.9. The molecule has 0 radical (unpaired) electrons. The summed E-state index contributed by atoms with van der Waals surface area (Å²) in [7, 11) is 1.55. The van der Waals surface area contributed by atoms with E-state index in [2.05, 4.69) is 5.32 Å². The van der Waals surface area contributed by atoms with E-state index in [0.29, 0.717) is 24.2 Å². The van der Waals surface area contributed by atoms with Crippen LogP contribution in [0.4, 0.5) is 0 Å². The number of hydrogen-bond donors (Lipinski definition) is 3. The number of carbonyl (C=O) groups is 1. The summed E-state index contributed by atoms with van der Waals surface area (Å²) in [5.74, 6) is 0.432. The smallest absolute Gasteiger partial charge is 0.240 e. The maximum atomic E-state index is 12.1. The summed E-state index contributed by atoms with van der Waals surface area (Å²) in [4.78, 5) is 12.1. The van der Waals surface area contributed by atoms with E-state index >= 15 is 0 Å². The van der Waals surface area contributed by atoms with Crippen LogP contribution in [0.5, 0.6) is 5.75 Å². The Kier molecular flexibility index (Phi) is 4.62. The number of aliphatic hydroxyl groups excluding tert-OH is 1. The number of rotatable bonds is 5. The Morgan fingerprint density at radius 2 is 2.10 bits per heavy atom. The third-order valence-corrected chi connectivity index (χ3v) is 3.90. The van der Waals surface area contributed by atoms with E-state index in [1.165, 1.54) is 0 Å². The highest BCUT2D eigenvalue weighted by Crippen LogP contribution is 2.28. The largest absolute Gasteiger partial charge is 0.496 e. The summed E-state index contributed by atoms with van der Waals surface area (Å²) >= 11 is 0. The molecule has 0 heterocycles. The molecule has 5 nitrogen and oxygen atoms in total. The standard InChI is InChI=1S/C15H22N2O3/c1-20-13-7-3-2-6-11(13)12(18)10-17-14(19)15(16)8-4-5-9-15/h2-3,6-7,12,18H,4-5,8-10,16H2,1H3,(H,17,19). The van der Waals surface area contributed by atoms with E-state index in [0.717, 1.165) is 12.8 Å². The first-order valence-corrected chi connectivity index (χ1v) is 6.95. The monoisotopic (exact) mass is 278 g/mol. The molecule has 1 aliphatic rings. The van der Waals surface area contributed by atoms with Gasteiger partial charge >= 0.3 is 0 Å². The van der Waals surface area contributed by atoms with Gasteiger partial charge in [-0.1, -0.05) is 31.0 Å². The van der Waals surface area contributed by atoms with Crippen molar-refractivity contribution in [2.24, 2.45) is 5.73 Å². The van der Waals surface area contributed by atoms with Gasteiger partial charge in [-0.05, 0) is 18.9 Å². The van der Waals surface area contributed by atoms with Crippen molar-refractivity contribution < 1.29 is 14.6 Å². The Bertz CT molecular complexity index is 470. The Morgan fingerprint density at radius 1 is 1.45 bits per heavy atom. The Labute approximate surface area is 119 Å². The van der Waals surface area contributed by atoms with Gasteiger partial charge in [0.15, 0.2) is 0 Å². The summed E-state index contributed by atoms with van der Waals surface area (Å²) in [6.07, 6.45) is 2.59. The van der Waals surface area contributed by atoms with Gasteiger partial charge in [0.1, 0.15) is 5.75 Å². The van der Waals surface area contributed by atoms with Crippen LogP contribution in [0.1, 0.15) is 37.4 Å². The molecule has 110 valence electrons. The van der Waals surface area contributed by atoms with Gasteiger partial charge in [0.25, 0.3) is 0 Å². The van der Waals surface area contributed by atoms with Gasteiger partial charge in [-0.25, -0.2) is 0 Å². The van der Waals surface area contributed by atoms with Gasteiger partial charge in [-0.2, -0.15) is 0 Å². The van der Waals surface area contributed by atoms with E-state index in [9.17, 15) is 9.90 Å². The van der Waals surface area contributed by atoms with Crippen molar-refractivity contribution in [2.75, 3.05) is 13.7 Å². The zero-order valence-electron chi connectivity index (χ0n) is 11.8. The summed E-state index contributed by atoms with van der Waals surface area (Å²) < 4.78 is 5.20. The van der Waals surface area contributed by atoms with Crippen molar-refractivity contribution in [1.82, 2.24) is 5.32 Å². The second-order valence-electron chi connectivity index (χ2n) is 5.33. The minimum absolute atomic E-state index is 0.137. The molecule has 4 N–H and O–H groups in total. The fourth-order valence-corrected chi connectivity index (χ4v) is 2.65. The SMILES string of the molecule is COc1ccccc1C(O)CNC(=O)C1(N)CCCC1. The van der Waals surface area contributed by atoms with Crippen molar-refractivity contribution in [1.29, 1.82) is 0 Å². The Balaban J connectivity index is 1.95. The lowest BCUT2D eigenvalue weighted by molar-refractivity contribution is -0.126. The molecule has 1 aromatic rings. The third kappa shape index (κ3) is 3.11. The van der Waals surface area contributed by atoms with Crippen molar-refractivity contribution >= 4 is 5.91 Å². The van der Waals surface area contributed by atoms with Crippen LogP contribution in [0.25, 0.3) is 0 Å². The molecule has 0 aliphatic heterocycles. The minimum Gasteiger partial charge on any atom is -0.496 e. The molecule has 1 unspecified atom stereocenters. The van der Waals surface area contributed by atoms with Crippen LogP contribution in [0.3, 0.4) is 0 Å². The molecule has 1 aliphatic carbocycles. The van der Waals surface area contributed by atoms with Crippen LogP contribution in [-0.2, 0) is 4.79 Å². The first kappa shape index (κ1) is 14.8. The maximum absolute atomic E-state index is 12.1. The van der Waals surface area contributed by atoms with Gasteiger partial charge in [-0.15, -0.1) is 0 Å². The van der Waals surface area contributed by atoms with Crippen molar-refractivity contribution in [3.05, 3.63) is 29.8 Å². The molecule has 0 saturated heterocycles. The van der Waals surface area contributed by atoms with Crippen molar-refractivity contribution in [3.63, 3.8) is 0 Å². The van der Waals surface area contributed by atoms with E-state index in [4.69, 9.17) is 10.5 Å². The number of methoxy groups -OCH3 is 1. The second-order valence-corrected chi connectivity index (χ2v) is 5.33. The maximum Gasteiger partial charge on any atom is 0.240 e. The minimum atomic E-state index is -0.805. The highest BCUT2D eigenvalue weighted by atomic mass is 16.5. The van der Waals surface area contributed by atoms with Crippen LogP contribution in [-0.4, -0.2) is 30.2 Å². The molecule has 0 aromatic heterocycles. The molecular formula is C15H22N2O3. The number of benzene rings is 1. The number of carbonyl (C=O) groups excluding carboxylic acids is 1. The second kappa shape index (κ2) is 6.24. The fraction of sp³-hybridized carbons (Fsp3) is 0.533. The van der Waals surface area contributed by atoms with Crippen LogP contribution in [0.15, 0.2) is 24.3 Å².